The molecule has 2 N–H and O–H groups in total. The van der Waals surface area contributed by atoms with E-state index in [4.69, 9.17) is 10.5 Å². The van der Waals surface area contributed by atoms with Crippen LogP contribution in [0.2, 0.25) is 0 Å². The van der Waals surface area contributed by atoms with Gasteiger partial charge in [-0.2, -0.15) is 0 Å². The van der Waals surface area contributed by atoms with Crippen LogP contribution in [-0.4, -0.2) is 42.6 Å². The van der Waals surface area contributed by atoms with Gasteiger partial charge in [0, 0.05) is 25.9 Å². The van der Waals surface area contributed by atoms with Gasteiger partial charge in [0.25, 0.3) is 0 Å². The molecule has 0 spiro atoms. The van der Waals surface area contributed by atoms with Gasteiger partial charge in [0.15, 0.2) is 0 Å². The van der Waals surface area contributed by atoms with E-state index in [-0.39, 0.29) is 12.3 Å². The van der Waals surface area contributed by atoms with E-state index in [1.807, 2.05) is 0 Å². The Hall–Kier alpha value is -1.88. The largest absolute Gasteiger partial charge is 0.397 e. The van der Waals surface area contributed by atoms with Crippen LogP contribution in [0.3, 0.4) is 0 Å². The first-order valence-corrected chi connectivity index (χ1v) is 5.75. The second-order valence-corrected chi connectivity index (χ2v) is 3.88. The zero-order valence-electron chi connectivity index (χ0n) is 10.6. The summed E-state index contributed by atoms with van der Waals surface area (Å²) < 4.78 is 4.97. The molecule has 0 fully saturated rings. The number of carbonyl (C=O) groups is 1. The van der Waals surface area contributed by atoms with E-state index >= 15 is 0 Å². The molecule has 0 radical (unpaired) electrons. The highest BCUT2D eigenvalue weighted by Gasteiger charge is 2.12. The molecule has 0 aromatic carbocycles. The van der Waals surface area contributed by atoms with Crippen molar-refractivity contribution in [2.75, 3.05) is 32.5 Å². The summed E-state index contributed by atoms with van der Waals surface area (Å²) in [6.07, 6.45) is 3.51. The minimum absolute atomic E-state index is 0.00391. The summed E-state index contributed by atoms with van der Waals surface area (Å²) in [4.78, 5) is 17.8. The minimum atomic E-state index is 0.00391. The standard InChI is InChI=1S/C13H19N3O2/c1-3-6-16(7-8-18-2)13(17)9-12-5-4-11(14)10-15-12/h3-5,10H,1,6-9,14H2,2H3. The lowest BCUT2D eigenvalue weighted by atomic mass is 10.2. The Balaban J connectivity index is 2.59. The highest BCUT2D eigenvalue weighted by atomic mass is 16.5. The van der Waals surface area contributed by atoms with Crippen LogP contribution in [0.15, 0.2) is 31.0 Å². The second-order valence-electron chi connectivity index (χ2n) is 3.88. The van der Waals surface area contributed by atoms with Crippen molar-refractivity contribution in [3.63, 3.8) is 0 Å². The third-order valence-corrected chi connectivity index (χ3v) is 2.45. The number of carbonyl (C=O) groups excluding carboxylic acids is 1. The first kappa shape index (κ1) is 14.2. The van der Waals surface area contributed by atoms with E-state index in [0.29, 0.717) is 31.1 Å². The highest BCUT2D eigenvalue weighted by Crippen LogP contribution is 2.04. The van der Waals surface area contributed by atoms with Crippen molar-refractivity contribution in [3.8, 4) is 0 Å². The van der Waals surface area contributed by atoms with Gasteiger partial charge in [-0.1, -0.05) is 6.08 Å². The third kappa shape index (κ3) is 4.55. The van der Waals surface area contributed by atoms with Gasteiger partial charge in [0.1, 0.15) is 0 Å². The fourth-order valence-corrected chi connectivity index (χ4v) is 1.48. The van der Waals surface area contributed by atoms with Crippen LogP contribution < -0.4 is 5.73 Å². The Kier molecular flexibility index (Phi) is 5.87. The lowest BCUT2D eigenvalue weighted by Crippen LogP contribution is -2.35. The molecule has 18 heavy (non-hydrogen) atoms. The van der Waals surface area contributed by atoms with E-state index < -0.39 is 0 Å². The molecule has 0 saturated carbocycles. The van der Waals surface area contributed by atoms with E-state index in [2.05, 4.69) is 11.6 Å². The average Bonchev–Trinajstić information content (AvgIpc) is 2.37. The predicted molar refractivity (Wildman–Crippen MR) is 71.0 cm³/mol. The zero-order chi connectivity index (χ0) is 13.4. The van der Waals surface area contributed by atoms with Crippen LogP contribution >= 0.6 is 0 Å². The third-order valence-electron chi connectivity index (χ3n) is 2.45. The van der Waals surface area contributed by atoms with Crippen LogP contribution in [0, 0.1) is 0 Å². The van der Waals surface area contributed by atoms with Crippen LogP contribution in [0.25, 0.3) is 0 Å². The molecule has 0 aliphatic carbocycles. The number of rotatable bonds is 7. The Bertz CT molecular complexity index is 390. The number of anilines is 1. The number of nitrogen functional groups attached to an aromatic ring is 1. The molecule has 1 amide bonds. The van der Waals surface area contributed by atoms with Crippen molar-refractivity contribution in [2.45, 2.75) is 6.42 Å². The maximum Gasteiger partial charge on any atom is 0.228 e. The number of aromatic nitrogens is 1. The molecule has 98 valence electrons. The number of ether oxygens (including phenoxy) is 1. The summed E-state index contributed by atoms with van der Waals surface area (Å²) in [5.41, 5.74) is 6.84. The van der Waals surface area contributed by atoms with E-state index in [9.17, 15) is 4.79 Å². The molecule has 0 aliphatic rings. The average molecular weight is 249 g/mol. The Morgan fingerprint density at radius 2 is 2.39 bits per heavy atom. The fraction of sp³-hybridized carbons (Fsp3) is 0.385. The number of nitrogens with two attached hydrogens (primary N) is 1. The van der Waals surface area contributed by atoms with Gasteiger partial charge in [0.05, 0.1) is 24.9 Å². The van der Waals surface area contributed by atoms with E-state index in [1.165, 1.54) is 0 Å². The first-order valence-electron chi connectivity index (χ1n) is 5.75. The molecule has 0 bridgehead atoms. The Morgan fingerprint density at radius 1 is 1.61 bits per heavy atom. The molecule has 0 unspecified atom stereocenters. The summed E-state index contributed by atoms with van der Waals surface area (Å²) in [7, 11) is 1.61. The Labute approximate surface area is 107 Å². The summed E-state index contributed by atoms with van der Waals surface area (Å²) in [6, 6.07) is 3.50. The van der Waals surface area contributed by atoms with Gasteiger partial charge in [-0.3, -0.25) is 9.78 Å². The number of hydrogen-bond donors (Lipinski definition) is 1. The fourth-order valence-electron chi connectivity index (χ4n) is 1.48. The molecule has 0 aliphatic heterocycles. The number of pyridine rings is 1. The lowest BCUT2D eigenvalue weighted by molar-refractivity contribution is -0.130. The number of amides is 1. The molecule has 1 aromatic heterocycles. The maximum absolute atomic E-state index is 12.0. The minimum Gasteiger partial charge on any atom is -0.397 e. The van der Waals surface area contributed by atoms with Crippen molar-refractivity contribution < 1.29 is 9.53 Å². The summed E-state index contributed by atoms with van der Waals surface area (Å²) in [5, 5.41) is 0. The molecule has 1 rings (SSSR count). The van der Waals surface area contributed by atoms with Gasteiger partial charge < -0.3 is 15.4 Å². The molecule has 0 saturated heterocycles. The van der Waals surface area contributed by atoms with Gasteiger partial charge >= 0.3 is 0 Å². The van der Waals surface area contributed by atoms with Crippen molar-refractivity contribution in [1.82, 2.24) is 9.88 Å². The number of methoxy groups -OCH3 is 1. The topological polar surface area (TPSA) is 68.5 Å². The van der Waals surface area contributed by atoms with Gasteiger partial charge in [0.2, 0.25) is 5.91 Å². The normalized spacial score (nSPS) is 10.1. The van der Waals surface area contributed by atoms with Gasteiger partial charge in [-0.15, -0.1) is 6.58 Å². The van der Waals surface area contributed by atoms with Crippen molar-refractivity contribution >= 4 is 11.6 Å². The number of hydrogen-bond acceptors (Lipinski definition) is 4. The lowest BCUT2D eigenvalue weighted by Gasteiger charge is -2.20. The SMILES string of the molecule is C=CCN(CCOC)C(=O)Cc1ccc(N)cn1. The van der Waals surface area contributed by atoms with Crippen LogP contribution in [0.1, 0.15) is 5.69 Å². The molecule has 1 aromatic rings. The second kappa shape index (κ2) is 7.45. The predicted octanol–water partition coefficient (Wildman–Crippen LogP) is 0.867. The van der Waals surface area contributed by atoms with Crippen LogP contribution in [-0.2, 0) is 16.0 Å². The van der Waals surface area contributed by atoms with Crippen LogP contribution in [0.5, 0.6) is 0 Å². The monoisotopic (exact) mass is 249 g/mol. The molecule has 5 nitrogen and oxygen atoms in total. The first-order chi connectivity index (χ1) is 8.67. The quantitative estimate of drug-likeness (QED) is 0.728. The summed E-state index contributed by atoms with van der Waals surface area (Å²) >= 11 is 0. The van der Waals surface area contributed by atoms with Gasteiger partial charge in [-0.25, -0.2) is 0 Å². The molecular weight excluding hydrogens is 230 g/mol. The summed E-state index contributed by atoms with van der Waals surface area (Å²) in [5.74, 6) is 0.00391. The molecular formula is C13H19N3O2. The van der Waals surface area contributed by atoms with Gasteiger partial charge in [-0.05, 0) is 12.1 Å². The highest BCUT2D eigenvalue weighted by molar-refractivity contribution is 5.78. The van der Waals surface area contributed by atoms with Crippen molar-refractivity contribution in [3.05, 3.63) is 36.7 Å². The Morgan fingerprint density at radius 3 is 2.94 bits per heavy atom. The smallest absolute Gasteiger partial charge is 0.228 e. The zero-order valence-corrected chi connectivity index (χ0v) is 10.6. The van der Waals surface area contributed by atoms with Crippen LogP contribution in [0.4, 0.5) is 5.69 Å². The maximum atomic E-state index is 12.0. The molecule has 0 atom stereocenters. The number of nitrogens with zero attached hydrogens (tertiary/aromatic N) is 2. The van der Waals surface area contributed by atoms with E-state index in [1.54, 1.807) is 36.4 Å². The summed E-state index contributed by atoms with van der Waals surface area (Å²) in [6.45, 7) is 5.21. The molecule has 5 heteroatoms. The van der Waals surface area contributed by atoms with Crippen molar-refractivity contribution in [1.29, 1.82) is 0 Å². The van der Waals surface area contributed by atoms with Crippen molar-refractivity contribution in [2.24, 2.45) is 0 Å². The molecule has 1 heterocycles. The van der Waals surface area contributed by atoms with E-state index in [0.717, 1.165) is 0 Å².